The lowest BCUT2D eigenvalue weighted by molar-refractivity contribution is -0.148. The lowest BCUT2D eigenvalue weighted by Gasteiger charge is -2.34. The second-order valence-corrected chi connectivity index (χ2v) is 6.20. The number of esters is 1. The maximum absolute atomic E-state index is 11.5. The fraction of sp³-hybridized carbons (Fsp3) is 0.938. The highest BCUT2D eigenvalue weighted by atomic mass is 16.5. The first kappa shape index (κ1) is 14.8. The molecule has 2 fully saturated rings. The van der Waals surface area contributed by atoms with E-state index in [4.69, 9.17) is 9.47 Å². The second kappa shape index (κ2) is 7.28. The van der Waals surface area contributed by atoms with E-state index < -0.39 is 0 Å². The van der Waals surface area contributed by atoms with E-state index in [-0.39, 0.29) is 11.9 Å². The van der Waals surface area contributed by atoms with E-state index in [2.05, 4.69) is 6.92 Å². The van der Waals surface area contributed by atoms with Crippen LogP contribution >= 0.6 is 0 Å². The standard InChI is InChI=1S/C16H28O3/c1-3-12-5-4-6-15(11-12)19-14-9-7-13(8-10-14)16(17)18-2/h12-15H,3-11H2,1-2H3. The van der Waals surface area contributed by atoms with Gasteiger partial charge in [-0.15, -0.1) is 0 Å². The van der Waals surface area contributed by atoms with Crippen LogP contribution in [0.5, 0.6) is 0 Å². The number of carbonyl (C=O) groups excluding carboxylic acids is 1. The van der Waals surface area contributed by atoms with Gasteiger partial charge in [0.1, 0.15) is 0 Å². The molecule has 0 spiro atoms. The molecule has 0 bridgehead atoms. The quantitative estimate of drug-likeness (QED) is 0.729. The summed E-state index contributed by atoms with van der Waals surface area (Å²) in [5.74, 6) is 0.937. The van der Waals surface area contributed by atoms with Crippen LogP contribution in [0.25, 0.3) is 0 Å². The molecule has 0 aromatic heterocycles. The number of hydrogen-bond acceptors (Lipinski definition) is 3. The highest BCUT2D eigenvalue weighted by Gasteiger charge is 2.30. The molecule has 0 aliphatic heterocycles. The zero-order valence-corrected chi connectivity index (χ0v) is 12.4. The largest absolute Gasteiger partial charge is 0.469 e. The lowest BCUT2D eigenvalue weighted by Crippen LogP contribution is -2.32. The number of carbonyl (C=O) groups is 1. The minimum Gasteiger partial charge on any atom is -0.469 e. The van der Waals surface area contributed by atoms with Gasteiger partial charge >= 0.3 is 5.97 Å². The predicted molar refractivity (Wildman–Crippen MR) is 74.9 cm³/mol. The molecule has 0 aromatic carbocycles. The molecule has 0 N–H and O–H groups in total. The van der Waals surface area contributed by atoms with Crippen molar-refractivity contribution in [1.82, 2.24) is 0 Å². The summed E-state index contributed by atoms with van der Waals surface area (Å²) in [5, 5.41) is 0. The molecule has 0 aromatic rings. The average Bonchev–Trinajstić information content (AvgIpc) is 2.47. The Kier molecular flexibility index (Phi) is 5.68. The van der Waals surface area contributed by atoms with Gasteiger partial charge in [-0.2, -0.15) is 0 Å². The van der Waals surface area contributed by atoms with Gasteiger partial charge in [-0.25, -0.2) is 0 Å². The molecule has 0 radical (unpaired) electrons. The maximum Gasteiger partial charge on any atom is 0.308 e. The van der Waals surface area contributed by atoms with Crippen LogP contribution in [0.2, 0.25) is 0 Å². The normalized spacial score (nSPS) is 35.9. The summed E-state index contributed by atoms with van der Waals surface area (Å²) >= 11 is 0. The summed E-state index contributed by atoms with van der Waals surface area (Å²) in [6, 6.07) is 0. The van der Waals surface area contributed by atoms with Crippen LogP contribution in [-0.4, -0.2) is 25.3 Å². The van der Waals surface area contributed by atoms with Crippen LogP contribution in [0.4, 0.5) is 0 Å². The molecular formula is C16H28O3. The molecule has 2 aliphatic rings. The highest BCUT2D eigenvalue weighted by molar-refractivity contribution is 5.72. The van der Waals surface area contributed by atoms with Crippen molar-refractivity contribution in [3.8, 4) is 0 Å². The zero-order chi connectivity index (χ0) is 13.7. The van der Waals surface area contributed by atoms with E-state index in [0.717, 1.165) is 31.6 Å². The van der Waals surface area contributed by atoms with Crippen LogP contribution in [0, 0.1) is 11.8 Å². The van der Waals surface area contributed by atoms with E-state index in [1.165, 1.54) is 39.2 Å². The molecule has 2 unspecified atom stereocenters. The zero-order valence-electron chi connectivity index (χ0n) is 12.4. The fourth-order valence-electron chi connectivity index (χ4n) is 3.61. The summed E-state index contributed by atoms with van der Waals surface area (Å²) in [6.45, 7) is 2.29. The van der Waals surface area contributed by atoms with Crippen LogP contribution in [0.1, 0.15) is 64.7 Å². The Morgan fingerprint density at radius 1 is 1.05 bits per heavy atom. The first-order valence-electron chi connectivity index (χ1n) is 7.96. The lowest BCUT2D eigenvalue weighted by atomic mass is 9.84. The molecule has 3 nitrogen and oxygen atoms in total. The van der Waals surface area contributed by atoms with Crippen LogP contribution < -0.4 is 0 Å². The van der Waals surface area contributed by atoms with E-state index in [9.17, 15) is 4.79 Å². The summed E-state index contributed by atoms with van der Waals surface area (Å²) in [6.07, 6.45) is 11.2. The molecule has 3 heteroatoms. The van der Waals surface area contributed by atoms with Gasteiger partial charge in [-0.1, -0.05) is 26.2 Å². The van der Waals surface area contributed by atoms with Crippen molar-refractivity contribution in [2.75, 3.05) is 7.11 Å². The first-order valence-corrected chi connectivity index (χ1v) is 7.96. The minimum absolute atomic E-state index is 0.0397. The number of methoxy groups -OCH3 is 1. The van der Waals surface area contributed by atoms with Gasteiger partial charge in [0.2, 0.25) is 0 Å². The molecule has 2 atom stereocenters. The summed E-state index contributed by atoms with van der Waals surface area (Å²) in [7, 11) is 1.48. The van der Waals surface area contributed by atoms with Crippen molar-refractivity contribution in [2.24, 2.45) is 11.8 Å². The van der Waals surface area contributed by atoms with E-state index in [0.29, 0.717) is 12.2 Å². The molecule has 19 heavy (non-hydrogen) atoms. The third-order valence-electron chi connectivity index (χ3n) is 4.91. The Morgan fingerprint density at radius 2 is 1.79 bits per heavy atom. The van der Waals surface area contributed by atoms with Crippen LogP contribution in [-0.2, 0) is 14.3 Å². The number of ether oxygens (including phenoxy) is 2. The summed E-state index contributed by atoms with van der Waals surface area (Å²) in [5.41, 5.74) is 0. The summed E-state index contributed by atoms with van der Waals surface area (Å²) in [4.78, 5) is 11.5. The Hall–Kier alpha value is -0.570. The number of rotatable bonds is 4. The number of hydrogen-bond donors (Lipinski definition) is 0. The molecule has 0 amide bonds. The molecule has 2 aliphatic carbocycles. The van der Waals surface area contributed by atoms with Crippen LogP contribution in [0.3, 0.4) is 0 Å². The van der Waals surface area contributed by atoms with Crippen molar-refractivity contribution >= 4 is 5.97 Å². The van der Waals surface area contributed by atoms with Gasteiger partial charge in [0.25, 0.3) is 0 Å². The topological polar surface area (TPSA) is 35.5 Å². The second-order valence-electron chi connectivity index (χ2n) is 6.20. The molecule has 2 saturated carbocycles. The monoisotopic (exact) mass is 268 g/mol. The molecule has 110 valence electrons. The summed E-state index contributed by atoms with van der Waals surface area (Å²) < 4.78 is 11.1. The van der Waals surface area contributed by atoms with Gasteiger partial charge in [0, 0.05) is 0 Å². The van der Waals surface area contributed by atoms with Gasteiger partial charge in [-0.3, -0.25) is 4.79 Å². The third kappa shape index (κ3) is 4.20. The highest BCUT2D eigenvalue weighted by Crippen LogP contribution is 2.33. The first-order chi connectivity index (χ1) is 9.22. The third-order valence-corrected chi connectivity index (χ3v) is 4.91. The Labute approximate surface area is 117 Å². The van der Waals surface area contributed by atoms with Crippen molar-refractivity contribution in [2.45, 2.75) is 76.9 Å². The van der Waals surface area contributed by atoms with Gasteiger partial charge in [-0.05, 0) is 44.4 Å². The van der Waals surface area contributed by atoms with Crippen LogP contribution in [0.15, 0.2) is 0 Å². The van der Waals surface area contributed by atoms with Crippen molar-refractivity contribution in [3.63, 3.8) is 0 Å². The molecule has 2 rings (SSSR count). The Morgan fingerprint density at radius 3 is 2.42 bits per heavy atom. The van der Waals surface area contributed by atoms with Crippen molar-refractivity contribution in [3.05, 3.63) is 0 Å². The van der Waals surface area contributed by atoms with Crippen molar-refractivity contribution in [1.29, 1.82) is 0 Å². The van der Waals surface area contributed by atoms with E-state index >= 15 is 0 Å². The maximum atomic E-state index is 11.5. The van der Waals surface area contributed by atoms with Gasteiger partial charge < -0.3 is 9.47 Å². The Balaban J connectivity index is 1.71. The van der Waals surface area contributed by atoms with E-state index in [1.807, 2.05) is 0 Å². The predicted octanol–water partition coefficient (Wildman–Crippen LogP) is 3.70. The fourth-order valence-corrected chi connectivity index (χ4v) is 3.61. The average molecular weight is 268 g/mol. The molecular weight excluding hydrogens is 240 g/mol. The smallest absolute Gasteiger partial charge is 0.308 e. The Bertz CT molecular complexity index is 282. The van der Waals surface area contributed by atoms with Crippen molar-refractivity contribution < 1.29 is 14.3 Å². The SMILES string of the molecule is CCC1CCCC(OC2CCC(C(=O)OC)CC2)C1. The van der Waals surface area contributed by atoms with Gasteiger partial charge in [0.15, 0.2) is 0 Å². The molecule has 0 heterocycles. The van der Waals surface area contributed by atoms with E-state index in [1.54, 1.807) is 0 Å². The minimum atomic E-state index is -0.0397. The van der Waals surface area contributed by atoms with Gasteiger partial charge in [0.05, 0.1) is 25.2 Å². The molecule has 0 saturated heterocycles.